The van der Waals surface area contributed by atoms with E-state index < -0.39 is 23.7 Å². The first-order valence-corrected chi connectivity index (χ1v) is 6.06. The number of alkyl halides is 3. The van der Waals surface area contributed by atoms with Crippen molar-refractivity contribution in [2.24, 2.45) is 0 Å². The minimum atomic E-state index is -4.57. The average Bonchev–Trinajstić information content (AvgIpc) is 2.35. The van der Waals surface area contributed by atoms with Crippen LogP contribution in [-0.2, 0) is 6.18 Å². The maximum absolute atomic E-state index is 12.7. The summed E-state index contributed by atoms with van der Waals surface area (Å²) in [6.07, 6.45) is -4.48. The van der Waals surface area contributed by atoms with Gasteiger partial charge in [-0.05, 0) is 25.1 Å². The van der Waals surface area contributed by atoms with Crippen LogP contribution >= 0.6 is 11.6 Å². The molecule has 0 heterocycles. The Hall–Kier alpha value is -1.74. The van der Waals surface area contributed by atoms with E-state index in [9.17, 15) is 18.0 Å². The molecule has 0 radical (unpaired) electrons. The number of hydrogen-bond acceptors (Lipinski definition) is 2. The van der Waals surface area contributed by atoms with E-state index in [1.165, 1.54) is 18.0 Å². The number of carbonyl (C=O) groups is 1. The van der Waals surface area contributed by atoms with Crippen molar-refractivity contribution < 1.29 is 18.0 Å². The summed E-state index contributed by atoms with van der Waals surface area (Å²) in [5, 5.41) is 8.41. The van der Waals surface area contributed by atoms with Gasteiger partial charge in [-0.3, -0.25) is 4.79 Å². The molecule has 3 nitrogen and oxygen atoms in total. The van der Waals surface area contributed by atoms with E-state index in [2.05, 4.69) is 0 Å². The second kappa shape index (κ2) is 6.14. The van der Waals surface area contributed by atoms with Crippen LogP contribution in [0.25, 0.3) is 0 Å². The SMILES string of the molecule is C[C@@H](CC#N)N(C)C(=O)c1cc(Cl)cc(C(F)(F)F)c1. The Morgan fingerprint density at radius 1 is 1.45 bits per heavy atom. The Kier molecular flexibility index (Phi) is 5.01. The van der Waals surface area contributed by atoms with E-state index >= 15 is 0 Å². The molecule has 7 heteroatoms. The highest BCUT2D eigenvalue weighted by molar-refractivity contribution is 6.31. The van der Waals surface area contributed by atoms with Crippen LogP contribution in [0.2, 0.25) is 5.02 Å². The van der Waals surface area contributed by atoms with Gasteiger partial charge in [-0.15, -0.1) is 0 Å². The first-order chi connectivity index (χ1) is 9.16. The second-order valence-electron chi connectivity index (χ2n) is 4.35. The molecular weight excluding hydrogens is 293 g/mol. The van der Waals surface area contributed by atoms with E-state index in [1.807, 2.05) is 6.07 Å². The van der Waals surface area contributed by atoms with Crippen molar-refractivity contribution in [1.82, 2.24) is 4.90 Å². The summed E-state index contributed by atoms with van der Waals surface area (Å²) >= 11 is 5.62. The molecule has 0 aromatic heterocycles. The summed E-state index contributed by atoms with van der Waals surface area (Å²) in [6.45, 7) is 1.64. The predicted octanol–water partition coefficient (Wildman–Crippen LogP) is 3.73. The molecule has 0 aliphatic rings. The van der Waals surface area contributed by atoms with Gasteiger partial charge in [0.15, 0.2) is 0 Å². The van der Waals surface area contributed by atoms with Crippen LogP contribution in [0.5, 0.6) is 0 Å². The first-order valence-electron chi connectivity index (χ1n) is 5.68. The molecule has 1 atom stereocenters. The Balaban J connectivity index is 3.11. The number of hydrogen-bond donors (Lipinski definition) is 0. The Morgan fingerprint density at radius 3 is 2.55 bits per heavy atom. The minimum absolute atomic E-state index is 0.0922. The van der Waals surface area contributed by atoms with Crippen LogP contribution in [0, 0.1) is 11.3 Å². The summed E-state index contributed by atoms with van der Waals surface area (Å²) < 4.78 is 38.0. The minimum Gasteiger partial charge on any atom is -0.338 e. The number of nitrogens with zero attached hydrogens (tertiary/aromatic N) is 2. The molecule has 1 amide bonds. The average molecular weight is 305 g/mol. The zero-order valence-corrected chi connectivity index (χ0v) is 11.6. The molecule has 108 valence electrons. The number of halogens is 4. The van der Waals surface area contributed by atoms with Crippen LogP contribution < -0.4 is 0 Å². The topological polar surface area (TPSA) is 44.1 Å². The summed E-state index contributed by atoms with van der Waals surface area (Å²) in [7, 11) is 1.43. The molecule has 0 saturated heterocycles. The third kappa shape index (κ3) is 3.87. The highest BCUT2D eigenvalue weighted by atomic mass is 35.5. The van der Waals surface area contributed by atoms with Crippen molar-refractivity contribution in [3.05, 3.63) is 34.3 Å². The standard InChI is InChI=1S/C13H12ClF3N2O/c1-8(3-4-18)19(2)12(20)9-5-10(13(15,16)17)7-11(14)6-9/h5-8H,3H2,1-2H3/t8-/m0/s1. The summed E-state index contributed by atoms with van der Waals surface area (Å²) in [5.74, 6) is -0.610. The van der Waals surface area contributed by atoms with Gasteiger partial charge in [-0.2, -0.15) is 18.4 Å². The van der Waals surface area contributed by atoms with Gasteiger partial charge in [0.05, 0.1) is 18.1 Å². The lowest BCUT2D eigenvalue weighted by atomic mass is 10.1. The Labute approximate surface area is 119 Å². The quantitative estimate of drug-likeness (QED) is 0.854. The fraction of sp³-hybridized carbons (Fsp3) is 0.385. The van der Waals surface area contributed by atoms with E-state index in [1.54, 1.807) is 6.92 Å². The van der Waals surface area contributed by atoms with Gasteiger partial charge in [-0.25, -0.2) is 0 Å². The molecule has 0 aliphatic heterocycles. The van der Waals surface area contributed by atoms with E-state index in [0.717, 1.165) is 12.1 Å². The number of amides is 1. The predicted molar refractivity (Wildman–Crippen MR) is 68.2 cm³/mol. The highest BCUT2D eigenvalue weighted by Crippen LogP contribution is 2.32. The van der Waals surface area contributed by atoms with Gasteiger partial charge in [0.25, 0.3) is 5.91 Å². The van der Waals surface area contributed by atoms with Crippen molar-refractivity contribution in [3.8, 4) is 6.07 Å². The third-order valence-electron chi connectivity index (χ3n) is 2.84. The third-order valence-corrected chi connectivity index (χ3v) is 3.06. The second-order valence-corrected chi connectivity index (χ2v) is 4.79. The van der Waals surface area contributed by atoms with Gasteiger partial charge < -0.3 is 4.90 Å². The van der Waals surface area contributed by atoms with Crippen LogP contribution in [-0.4, -0.2) is 23.9 Å². The summed E-state index contributed by atoms with van der Waals surface area (Å²) in [4.78, 5) is 13.3. The molecule has 20 heavy (non-hydrogen) atoms. The zero-order chi connectivity index (χ0) is 15.5. The van der Waals surface area contributed by atoms with Gasteiger partial charge >= 0.3 is 6.18 Å². The van der Waals surface area contributed by atoms with Gasteiger partial charge in [0.1, 0.15) is 0 Å². The zero-order valence-electron chi connectivity index (χ0n) is 10.8. The highest BCUT2D eigenvalue weighted by Gasteiger charge is 2.32. The van der Waals surface area contributed by atoms with Crippen LogP contribution in [0.1, 0.15) is 29.3 Å². The fourth-order valence-electron chi connectivity index (χ4n) is 1.55. The smallest absolute Gasteiger partial charge is 0.338 e. The molecule has 0 aliphatic carbocycles. The van der Waals surface area contributed by atoms with Crippen molar-refractivity contribution in [2.45, 2.75) is 25.6 Å². The Morgan fingerprint density at radius 2 is 2.05 bits per heavy atom. The normalized spacial score (nSPS) is 12.7. The lowest BCUT2D eigenvalue weighted by Gasteiger charge is -2.23. The number of benzene rings is 1. The largest absolute Gasteiger partial charge is 0.416 e. The number of nitriles is 1. The lowest BCUT2D eigenvalue weighted by Crippen LogP contribution is -2.35. The van der Waals surface area contributed by atoms with Crippen molar-refractivity contribution in [2.75, 3.05) is 7.05 Å². The molecule has 1 rings (SSSR count). The first kappa shape index (κ1) is 16.3. The fourth-order valence-corrected chi connectivity index (χ4v) is 1.78. The molecule has 1 aromatic rings. The molecule has 0 fully saturated rings. The maximum Gasteiger partial charge on any atom is 0.416 e. The van der Waals surface area contributed by atoms with Gasteiger partial charge in [0, 0.05) is 23.7 Å². The number of carbonyl (C=O) groups excluding carboxylic acids is 1. The molecule has 0 unspecified atom stereocenters. The van der Waals surface area contributed by atoms with E-state index in [-0.39, 0.29) is 17.0 Å². The monoisotopic (exact) mass is 304 g/mol. The van der Waals surface area contributed by atoms with Gasteiger partial charge in [-0.1, -0.05) is 11.6 Å². The van der Waals surface area contributed by atoms with E-state index in [4.69, 9.17) is 16.9 Å². The van der Waals surface area contributed by atoms with Crippen molar-refractivity contribution in [3.63, 3.8) is 0 Å². The van der Waals surface area contributed by atoms with Crippen molar-refractivity contribution >= 4 is 17.5 Å². The van der Waals surface area contributed by atoms with E-state index in [0.29, 0.717) is 0 Å². The van der Waals surface area contributed by atoms with Crippen LogP contribution in [0.15, 0.2) is 18.2 Å². The summed E-state index contributed by atoms with van der Waals surface area (Å²) in [6, 6.07) is 4.19. The van der Waals surface area contributed by atoms with Gasteiger partial charge in [0.2, 0.25) is 0 Å². The number of rotatable bonds is 3. The maximum atomic E-state index is 12.7. The Bertz CT molecular complexity index is 552. The molecule has 1 aromatic carbocycles. The molecule has 0 bridgehead atoms. The molecule has 0 saturated carbocycles. The summed E-state index contributed by atoms with van der Waals surface area (Å²) in [5.41, 5.74) is -1.13. The molecular formula is C13H12ClF3N2O. The molecule has 0 N–H and O–H groups in total. The van der Waals surface area contributed by atoms with Crippen LogP contribution in [0.3, 0.4) is 0 Å². The van der Waals surface area contributed by atoms with Crippen LogP contribution in [0.4, 0.5) is 13.2 Å². The lowest BCUT2D eigenvalue weighted by molar-refractivity contribution is -0.137. The molecule has 0 spiro atoms. The van der Waals surface area contributed by atoms with Crippen molar-refractivity contribution in [1.29, 1.82) is 5.26 Å².